The van der Waals surface area contributed by atoms with Crippen LogP contribution in [0.4, 0.5) is 0 Å². The summed E-state index contributed by atoms with van der Waals surface area (Å²) in [4.78, 5) is 15.7. The number of nitrogens with one attached hydrogen (secondary N) is 1. The number of benzene rings is 1. The summed E-state index contributed by atoms with van der Waals surface area (Å²) in [6.07, 6.45) is 0. The summed E-state index contributed by atoms with van der Waals surface area (Å²) in [5, 5.41) is 3.71. The van der Waals surface area contributed by atoms with Crippen LogP contribution in [0.2, 0.25) is 5.15 Å². The fourth-order valence-electron chi connectivity index (χ4n) is 1.47. The van der Waals surface area contributed by atoms with Crippen LogP contribution < -0.4 is 5.32 Å². The smallest absolute Gasteiger partial charge is 0.251 e. The lowest BCUT2D eigenvalue weighted by molar-refractivity contribution is 0.0964. The number of amides is 1. The molecule has 15 heavy (non-hydrogen) atoms. The molecule has 1 aromatic heterocycles. The standard InChI is InChI=1S/C11H9ClN2O/c1-13-11(15)8-6-10(12)14-9-5-3-2-4-7(8)9/h2-6H,1H3,(H,13,15). The van der Waals surface area contributed by atoms with Gasteiger partial charge < -0.3 is 5.32 Å². The van der Waals surface area contributed by atoms with Crippen LogP contribution in [0.1, 0.15) is 10.4 Å². The topological polar surface area (TPSA) is 42.0 Å². The maximum Gasteiger partial charge on any atom is 0.251 e. The lowest BCUT2D eigenvalue weighted by atomic mass is 10.1. The second-order valence-corrected chi connectivity index (χ2v) is 3.48. The lowest BCUT2D eigenvalue weighted by Crippen LogP contribution is -2.18. The molecule has 0 atom stereocenters. The van der Waals surface area contributed by atoms with Crippen molar-refractivity contribution in [2.45, 2.75) is 0 Å². The van der Waals surface area contributed by atoms with Gasteiger partial charge in [0.2, 0.25) is 0 Å². The van der Waals surface area contributed by atoms with Crippen molar-refractivity contribution in [1.82, 2.24) is 10.3 Å². The fourth-order valence-corrected chi connectivity index (χ4v) is 1.67. The predicted molar refractivity (Wildman–Crippen MR) is 60.1 cm³/mol. The van der Waals surface area contributed by atoms with Gasteiger partial charge in [-0.25, -0.2) is 4.98 Å². The minimum atomic E-state index is -0.157. The average molecular weight is 221 g/mol. The van der Waals surface area contributed by atoms with Crippen LogP contribution in [0.3, 0.4) is 0 Å². The highest BCUT2D eigenvalue weighted by atomic mass is 35.5. The minimum absolute atomic E-state index is 0.157. The van der Waals surface area contributed by atoms with Crippen molar-refractivity contribution in [3.05, 3.63) is 41.0 Å². The molecule has 0 aliphatic rings. The Morgan fingerprint density at radius 1 is 1.40 bits per heavy atom. The molecule has 0 bridgehead atoms. The van der Waals surface area contributed by atoms with Crippen LogP contribution in [0.25, 0.3) is 10.9 Å². The van der Waals surface area contributed by atoms with Crippen LogP contribution in [-0.2, 0) is 0 Å². The number of carbonyl (C=O) groups is 1. The Hall–Kier alpha value is -1.61. The largest absolute Gasteiger partial charge is 0.355 e. The third-order valence-electron chi connectivity index (χ3n) is 2.16. The monoisotopic (exact) mass is 220 g/mol. The van der Waals surface area contributed by atoms with E-state index in [1.807, 2.05) is 24.3 Å². The summed E-state index contributed by atoms with van der Waals surface area (Å²) in [6.45, 7) is 0. The fraction of sp³-hybridized carbons (Fsp3) is 0.0909. The van der Waals surface area contributed by atoms with Gasteiger partial charge in [-0.05, 0) is 12.1 Å². The van der Waals surface area contributed by atoms with Gasteiger partial charge in [0.25, 0.3) is 5.91 Å². The van der Waals surface area contributed by atoms with Crippen molar-refractivity contribution in [1.29, 1.82) is 0 Å². The molecule has 3 nitrogen and oxygen atoms in total. The van der Waals surface area contributed by atoms with Crippen molar-refractivity contribution < 1.29 is 4.79 Å². The highest BCUT2D eigenvalue weighted by Crippen LogP contribution is 2.20. The van der Waals surface area contributed by atoms with Gasteiger partial charge in [0, 0.05) is 12.4 Å². The Morgan fingerprint density at radius 2 is 2.13 bits per heavy atom. The van der Waals surface area contributed by atoms with Crippen LogP contribution in [0, 0.1) is 0 Å². The van der Waals surface area contributed by atoms with Crippen LogP contribution >= 0.6 is 11.6 Å². The molecular formula is C11H9ClN2O. The van der Waals surface area contributed by atoms with E-state index in [0.717, 1.165) is 10.9 Å². The van der Waals surface area contributed by atoms with E-state index < -0.39 is 0 Å². The summed E-state index contributed by atoms with van der Waals surface area (Å²) in [6, 6.07) is 8.98. The number of rotatable bonds is 1. The first kappa shape index (κ1) is 9.93. The van der Waals surface area contributed by atoms with Gasteiger partial charge in [-0.1, -0.05) is 29.8 Å². The van der Waals surface area contributed by atoms with Gasteiger partial charge in [-0.15, -0.1) is 0 Å². The number of fused-ring (bicyclic) bond motifs is 1. The summed E-state index contributed by atoms with van der Waals surface area (Å²) in [5.41, 5.74) is 1.27. The van der Waals surface area contributed by atoms with Gasteiger partial charge in [0.1, 0.15) is 5.15 Å². The molecule has 1 amide bonds. The number of carbonyl (C=O) groups excluding carboxylic acids is 1. The van der Waals surface area contributed by atoms with Gasteiger partial charge in [0.15, 0.2) is 0 Å². The molecule has 1 aromatic carbocycles. The third-order valence-corrected chi connectivity index (χ3v) is 2.35. The molecule has 0 unspecified atom stereocenters. The zero-order valence-corrected chi connectivity index (χ0v) is 8.88. The van der Waals surface area contributed by atoms with E-state index in [2.05, 4.69) is 10.3 Å². The molecule has 2 aromatic rings. The summed E-state index contributed by atoms with van der Waals surface area (Å²) in [7, 11) is 1.59. The molecule has 0 saturated carbocycles. The van der Waals surface area contributed by atoms with E-state index in [9.17, 15) is 4.79 Å². The normalized spacial score (nSPS) is 10.3. The average Bonchev–Trinajstić information content (AvgIpc) is 2.26. The van der Waals surface area contributed by atoms with Crippen LogP contribution in [0.5, 0.6) is 0 Å². The van der Waals surface area contributed by atoms with Gasteiger partial charge in [-0.2, -0.15) is 0 Å². The highest BCUT2D eigenvalue weighted by molar-refractivity contribution is 6.30. The summed E-state index contributed by atoms with van der Waals surface area (Å²) in [5.74, 6) is -0.157. The second-order valence-electron chi connectivity index (χ2n) is 3.09. The zero-order chi connectivity index (χ0) is 10.8. The number of nitrogens with zero attached hydrogens (tertiary/aromatic N) is 1. The second kappa shape index (κ2) is 3.87. The third kappa shape index (κ3) is 1.78. The summed E-state index contributed by atoms with van der Waals surface area (Å²) >= 11 is 5.83. The molecule has 0 radical (unpaired) electrons. The Balaban J connectivity index is 2.76. The molecule has 0 aliphatic carbocycles. The maximum absolute atomic E-state index is 11.6. The van der Waals surface area contributed by atoms with Crippen LogP contribution in [0.15, 0.2) is 30.3 Å². The SMILES string of the molecule is CNC(=O)c1cc(Cl)nc2ccccc12. The van der Waals surface area contributed by atoms with E-state index in [4.69, 9.17) is 11.6 Å². The van der Waals surface area contributed by atoms with Gasteiger partial charge in [-0.3, -0.25) is 4.79 Å². The number of pyridine rings is 1. The maximum atomic E-state index is 11.6. The number of hydrogen-bond acceptors (Lipinski definition) is 2. The van der Waals surface area contributed by atoms with Crippen molar-refractivity contribution in [3.63, 3.8) is 0 Å². The molecule has 0 spiro atoms. The molecule has 1 heterocycles. The molecule has 76 valence electrons. The first-order valence-corrected chi connectivity index (χ1v) is 4.87. The number of para-hydroxylation sites is 1. The van der Waals surface area contributed by atoms with Crippen molar-refractivity contribution in [3.8, 4) is 0 Å². The van der Waals surface area contributed by atoms with E-state index in [0.29, 0.717) is 10.7 Å². The summed E-state index contributed by atoms with van der Waals surface area (Å²) < 4.78 is 0. The van der Waals surface area contributed by atoms with Crippen molar-refractivity contribution in [2.75, 3.05) is 7.05 Å². The quantitative estimate of drug-likeness (QED) is 0.749. The van der Waals surface area contributed by atoms with E-state index in [1.54, 1.807) is 13.1 Å². The van der Waals surface area contributed by atoms with E-state index in [-0.39, 0.29) is 5.91 Å². The van der Waals surface area contributed by atoms with Crippen molar-refractivity contribution in [2.24, 2.45) is 0 Å². The first-order chi connectivity index (χ1) is 7.22. The predicted octanol–water partition coefficient (Wildman–Crippen LogP) is 2.25. The molecule has 1 N–H and O–H groups in total. The Kier molecular flexibility index (Phi) is 2.56. The molecule has 4 heteroatoms. The van der Waals surface area contributed by atoms with Crippen molar-refractivity contribution >= 4 is 28.4 Å². The first-order valence-electron chi connectivity index (χ1n) is 4.50. The Labute approximate surface area is 92.1 Å². The van der Waals surface area contributed by atoms with Crippen LogP contribution in [-0.4, -0.2) is 17.9 Å². The van der Waals surface area contributed by atoms with E-state index >= 15 is 0 Å². The minimum Gasteiger partial charge on any atom is -0.355 e. The van der Waals surface area contributed by atoms with E-state index in [1.165, 1.54) is 0 Å². The number of halogens is 1. The lowest BCUT2D eigenvalue weighted by Gasteiger charge is -2.05. The molecule has 0 aliphatic heterocycles. The number of aromatic nitrogens is 1. The highest BCUT2D eigenvalue weighted by Gasteiger charge is 2.10. The molecule has 0 saturated heterocycles. The van der Waals surface area contributed by atoms with Gasteiger partial charge in [0.05, 0.1) is 11.1 Å². The Bertz CT molecular complexity index is 525. The molecular weight excluding hydrogens is 212 g/mol. The molecule has 0 fully saturated rings. The zero-order valence-electron chi connectivity index (χ0n) is 8.12. The van der Waals surface area contributed by atoms with Gasteiger partial charge >= 0.3 is 0 Å². The number of hydrogen-bond donors (Lipinski definition) is 1. The Morgan fingerprint density at radius 3 is 2.87 bits per heavy atom. The molecule has 2 rings (SSSR count).